The van der Waals surface area contributed by atoms with Crippen molar-refractivity contribution in [3.63, 3.8) is 0 Å². The molecule has 0 aromatic carbocycles. The predicted octanol–water partition coefficient (Wildman–Crippen LogP) is 1.12. The molecule has 4 unspecified atom stereocenters. The van der Waals surface area contributed by atoms with Crippen molar-refractivity contribution in [2.75, 3.05) is 7.11 Å². The van der Waals surface area contributed by atoms with Crippen molar-refractivity contribution < 1.29 is 58.2 Å². The molecule has 1 fully saturated rings. The Morgan fingerprint density at radius 2 is 1.00 bits per heavy atom. The van der Waals surface area contributed by atoms with Crippen molar-refractivity contribution >= 4 is 24.6 Å². The maximum absolute atomic E-state index is 11.2. The Morgan fingerprint density at radius 3 is 1.26 bits per heavy atom. The van der Waals surface area contributed by atoms with Crippen LogP contribution < -0.4 is 0 Å². The molecule has 0 aliphatic heterocycles. The summed E-state index contributed by atoms with van der Waals surface area (Å²) >= 11 is 0. The van der Waals surface area contributed by atoms with Crippen molar-refractivity contribution in [2.45, 2.75) is 37.3 Å². The molecule has 1 saturated carbocycles. The molecule has 3 N–H and O–H groups in total. The van der Waals surface area contributed by atoms with Crippen LogP contribution in [0.4, 0.5) is 19.2 Å². The fraction of sp³-hybridized carbons (Fsp3) is 0.636. The molecule has 1 rings (SSSR count). The molecule has 4 atom stereocenters. The third kappa shape index (κ3) is 5.76. The van der Waals surface area contributed by atoms with Crippen molar-refractivity contribution in [3.05, 3.63) is 0 Å². The summed E-state index contributed by atoms with van der Waals surface area (Å²) in [6, 6.07) is 0. The predicted molar refractivity (Wildman–Crippen MR) is 65.2 cm³/mol. The zero-order valence-corrected chi connectivity index (χ0v) is 11.7. The minimum atomic E-state index is -1.71. The van der Waals surface area contributed by atoms with Gasteiger partial charge in [-0.25, -0.2) is 19.2 Å². The second-order valence-electron chi connectivity index (χ2n) is 4.35. The molecule has 130 valence electrons. The van der Waals surface area contributed by atoms with Gasteiger partial charge < -0.3 is 39.0 Å². The van der Waals surface area contributed by atoms with Crippen LogP contribution in [0.3, 0.4) is 0 Å². The van der Waals surface area contributed by atoms with Crippen LogP contribution in [0.2, 0.25) is 0 Å². The van der Waals surface area contributed by atoms with Crippen molar-refractivity contribution in [1.82, 2.24) is 0 Å². The van der Waals surface area contributed by atoms with Crippen LogP contribution >= 0.6 is 0 Å². The van der Waals surface area contributed by atoms with Gasteiger partial charge in [-0.2, -0.15) is 0 Å². The van der Waals surface area contributed by atoms with Crippen molar-refractivity contribution in [2.24, 2.45) is 0 Å². The van der Waals surface area contributed by atoms with Crippen LogP contribution in [-0.2, 0) is 23.7 Å². The normalized spacial score (nSPS) is 26.5. The summed E-state index contributed by atoms with van der Waals surface area (Å²) in [6.45, 7) is 0. The van der Waals surface area contributed by atoms with Crippen molar-refractivity contribution in [1.29, 1.82) is 0 Å². The van der Waals surface area contributed by atoms with Gasteiger partial charge in [0.05, 0.1) is 7.11 Å². The molecule has 0 aromatic heterocycles. The summed E-state index contributed by atoms with van der Waals surface area (Å²) in [5.41, 5.74) is 0. The number of methoxy groups -OCH3 is 1. The van der Waals surface area contributed by atoms with E-state index in [9.17, 15) is 19.2 Å². The lowest BCUT2D eigenvalue weighted by molar-refractivity contribution is -0.135. The lowest BCUT2D eigenvalue weighted by atomic mass is 9.89. The highest BCUT2D eigenvalue weighted by Crippen LogP contribution is 2.29. The first-order valence-corrected chi connectivity index (χ1v) is 6.16. The van der Waals surface area contributed by atoms with Gasteiger partial charge in [-0.1, -0.05) is 0 Å². The van der Waals surface area contributed by atoms with Crippen LogP contribution in [0.25, 0.3) is 0 Å². The quantitative estimate of drug-likeness (QED) is 0.492. The molecule has 0 amide bonds. The summed E-state index contributed by atoms with van der Waals surface area (Å²) in [7, 11) is 1.01. The number of hydrogen-bond donors (Lipinski definition) is 3. The lowest BCUT2D eigenvalue weighted by Gasteiger charge is -2.37. The number of rotatable bonds is 4. The molecule has 1 aliphatic carbocycles. The van der Waals surface area contributed by atoms with Crippen molar-refractivity contribution in [3.8, 4) is 0 Å². The number of hydrogen-bond acceptors (Lipinski definition) is 9. The fourth-order valence-electron chi connectivity index (χ4n) is 2.12. The molecule has 0 spiro atoms. The SMILES string of the molecule is COC(=O)OC1CC(OC(=O)O)C(OC(=O)O)CC1OC(=O)O. The van der Waals surface area contributed by atoms with Crippen LogP contribution in [-0.4, -0.2) is 71.5 Å². The van der Waals surface area contributed by atoms with E-state index in [1.807, 2.05) is 0 Å². The number of carbonyl (C=O) groups is 4. The summed E-state index contributed by atoms with van der Waals surface area (Å²) in [5.74, 6) is 0. The Balaban J connectivity index is 2.94. The third-order valence-corrected chi connectivity index (χ3v) is 2.93. The minimum absolute atomic E-state index is 0.378. The maximum Gasteiger partial charge on any atom is 0.508 e. The number of carbonyl (C=O) groups excluding carboxylic acids is 1. The molecule has 23 heavy (non-hydrogen) atoms. The van der Waals surface area contributed by atoms with E-state index in [0.717, 1.165) is 7.11 Å². The zero-order valence-electron chi connectivity index (χ0n) is 11.7. The molecule has 12 nitrogen and oxygen atoms in total. The largest absolute Gasteiger partial charge is 0.508 e. The topological polar surface area (TPSA) is 175 Å². The maximum atomic E-state index is 11.2. The van der Waals surface area contributed by atoms with E-state index in [0.29, 0.717) is 0 Å². The van der Waals surface area contributed by atoms with E-state index in [2.05, 4.69) is 18.9 Å². The first-order valence-electron chi connectivity index (χ1n) is 6.16. The summed E-state index contributed by atoms with van der Waals surface area (Å²) in [5, 5.41) is 26.0. The smallest absolute Gasteiger partial charge is 0.450 e. The highest BCUT2D eigenvalue weighted by atomic mass is 16.7. The molecule has 0 bridgehead atoms. The zero-order chi connectivity index (χ0) is 17.6. The molecule has 0 radical (unpaired) electrons. The van der Waals surface area contributed by atoms with Gasteiger partial charge in [-0.3, -0.25) is 0 Å². The minimum Gasteiger partial charge on any atom is -0.450 e. The number of ether oxygens (including phenoxy) is 5. The molecule has 12 heteroatoms. The first kappa shape index (κ1) is 18.1. The van der Waals surface area contributed by atoms with Gasteiger partial charge in [0.25, 0.3) is 0 Å². The van der Waals surface area contributed by atoms with Gasteiger partial charge in [0.2, 0.25) is 0 Å². The second-order valence-corrected chi connectivity index (χ2v) is 4.35. The Hall–Kier alpha value is -2.92. The molecule has 0 heterocycles. The van der Waals surface area contributed by atoms with Gasteiger partial charge in [-0.15, -0.1) is 0 Å². The molecule has 0 saturated heterocycles. The van der Waals surface area contributed by atoms with Crippen LogP contribution in [0.1, 0.15) is 12.8 Å². The van der Waals surface area contributed by atoms with E-state index in [1.54, 1.807) is 0 Å². The summed E-state index contributed by atoms with van der Waals surface area (Å²) < 4.78 is 22.6. The molecular formula is C11H14O12. The average Bonchev–Trinajstić information content (AvgIpc) is 2.41. The van der Waals surface area contributed by atoms with Crippen LogP contribution in [0.5, 0.6) is 0 Å². The van der Waals surface area contributed by atoms with Crippen LogP contribution in [0, 0.1) is 0 Å². The Bertz CT molecular complexity index is 474. The van der Waals surface area contributed by atoms with Gasteiger partial charge in [0.15, 0.2) is 0 Å². The van der Waals surface area contributed by atoms with Gasteiger partial charge in [0, 0.05) is 12.8 Å². The Labute approximate surface area is 128 Å². The standard InChI is InChI=1S/C11H14O12/c1-19-11(18)23-7-3-5(21-9(14)15)4(20-8(12)13)2-6(7)22-10(16)17/h4-7H,2-3H2,1H3,(H,12,13)(H,14,15)(H,16,17). The third-order valence-electron chi connectivity index (χ3n) is 2.93. The first-order chi connectivity index (χ1) is 10.7. The fourth-order valence-corrected chi connectivity index (χ4v) is 2.12. The Morgan fingerprint density at radius 1 is 0.696 bits per heavy atom. The van der Waals surface area contributed by atoms with E-state index in [-0.39, 0.29) is 6.42 Å². The molecule has 0 aromatic rings. The van der Waals surface area contributed by atoms with E-state index in [4.69, 9.17) is 20.1 Å². The second kappa shape index (κ2) is 7.91. The van der Waals surface area contributed by atoms with E-state index < -0.39 is 55.5 Å². The Kier molecular flexibility index (Phi) is 6.24. The highest BCUT2D eigenvalue weighted by molar-refractivity contribution is 5.61. The summed E-state index contributed by atoms with van der Waals surface area (Å²) in [6.07, 6.45) is -12.2. The number of carboxylic acid groups (broad SMARTS) is 3. The van der Waals surface area contributed by atoms with Gasteiger partial charge >= 0.3 is 24.6 Å². The van der Waals surface area contributed by atoms with E-state index >= 15 is 0 Å². The van der Waals surface area contributed by atoms with Gasteiger partial charge in [-0.05, 0) is 0 Å². The van der Waals surface area contributed by atoms with E-state index in [1.165, 1.54) is 0 Å². The van der Waals surface area contributed by atoms with Crippen LogP contribution in [0.15, 0.2) is 0 Å². The molecular weight excluding hydrogens is 324 g/mol. The lowest BCUT2D eigenvalue weighted by Crippen LogP contribution is -2.51. The monoisotopic (exact) mass is 338 g/mol. The van der Waals surface area contributed by atoms with Gasteiger partial charge in [0.1, 0.15) is 24.4 Å². The molecule has 1 aliphatic rings. The highest BCUT2D eigenvalue weighted by Gasteiger charge is 2.45. The average molecular weight is 338 g/mol. The summed E-state index contributed by atoms with van der Waals surface area (Å²) in [4.78, 5) is 43.2.